The summed E-state index contributed by atoms with van der Waals surface area (Å²) >= 11 is 0. The van der Waals surface area contributed by atoms with E-state index < -0.39 is 40.5 Å². The fraction of sp³-hybridized carbons (Fsp3) is 0.636. The van der Waals surface area contributed by atoms with Crippen LogP contribution in [0.4, 0.5) is 0 Å². The van der Waals surface area contributed by atoms with Crippen LogP contribution in [0.5, 0.6) is 0 Å². The number of aliphatic hydroxyl groups is 2. The zero-order valence-corrected chi connectivity index (χ0v) is 11.6. The molecule has 0 aromatic carbocycles. The lowest BCUT2D eigenvalue weighted by Gasteiger charge is -2.15. The topological polar surface area (TPSA) is 122 Å². The summed E-state index contributed by atoms with van der Waals surface area (Å²) in [6.45, 7) is -0.360. The normalized spacial score (nSPS) is 27.6. The minimum absolute atomic E-state index is 0.0221. The van der Waals surface area contributed by atoms with Gasteiger partial charge in [-0.15, -0.1) is 0 Å². The smallest absolute Gasteiger partial charge is 0.330 e. The van der Waals surface area contributed by atoms with E-state index in [1.54, 1.807) is 0 Å². The summed E-state index contributed by atoms with van der Waals surface area (Å²) in [7, 11) is -1.22. The first-order valence-electron chi connectivity index (χ1n) is 6.01. The molecule has 0 spiro atoms. The third-order valence-corrected chi connectivity index (χ3v) is 3.81. The average molecular weight is 304 g/mol. The molecular formula is C11H16N2O6S. The highest BCUT2D eigenvalue weighted by atomic mass is 32.2. The minimum Gasteiger partial charge on any atom is -0.394 e. The van der Waals surface area contributed by atoms with Crippen molar-refractivity contribution >= 4 is 10.8 Å². The van der Waals surface area contributed by atoms with Gasteiger partial charge >= 0.3 is 5.69 Å². The number of hydrogen-bond acceptors (Lipinski definition) is 6. The van der Waals surface area contributed by atoms with Crippen molar-refractivity contribution in [3.05, 3.63) is 32.6 Å². The number of aromatic nitrogens is 2. The second-order valence-corrected chi connectivity index (χ2v) is 6.09. The summed E-state index contributed by atoms with van der Waals surface area (Å²) in [4.78, 5) is 25.5. The van der Waals surface area contributed by atoms with Crippen LogP contribution in [0.1, 0.15) is 18.2 Å². The highest BCUT2D eigenvalue weighted by molar-refractivity contribution is 7.83. The molecule has 9 heteroatoms. The van der Waals surface area contributed by atoms with Gasteiger partial charge in [0.1, 0.15) is 12.3 Å². The summed E-state index contributed by atoms with van der Waals surface area (Å²) in [5, 5.41) is 18.7. The second-order valence-electron chi connectivity index (χ2n) is 4.65. The fourth-order valence-electron chi connectivity index (χ4n) is 2.11. The van der Waals surface area contributed by atoms with E-state index >= 15 is 0 Å². The molecular weight excluding hydrogens is 288 g/mol. The molecule has 4 atom stereocenters. The summed E-state index contributed by atoms with van der Waals surface area (Å²) in [6.07, 6.45) is 0.462. The van der Waals surface area contributed by atoms with E-state index in [1.807, 2.05) is 0 Å². The van der Waals surface area contributed by atoms with Gasteiger partial charge in [-0.2, -0.15) is 0 Å². The number of hydrogen-bond donors (Lipinski definition) is 3. The molecule has 20 heavy (non-hydrogen) atoms. The van der Waals surface area contributed by atoms with E-state index in [4.69, 9.17) is 9.84 Å². The van der Waals surface area contributed by atoms with E-state index in [2.05, 4.69) is 4.98 Å². The Morgan fingerprint density at radius 1 is 1.55 bits per heavy atom. The van der Waals surface area contributed by atoms with Crippen LogP contribution in [0, 0.1) is 0 Å². The maximum Gasteiger partial charge on any atom is 0.330 e. The van der Waals surface area contributed by atoms with Crippen LogP contribution >= 0.6 is 0 Å². The number of aromatic amines is 1. The monoisotopic (exact) mass is 304 g/mol. The number of nitrogens with zero attached hydrogens (tertiary/aromatic N) is 1. The third kappa shape index (κ3) is 3.06. The Balaban J connectivity index is 2.35. The van der Waals surface area contributed by atoms with Crippen LogP contribution in [-0.4, -0.2) is 49.0 Å². The maximum absolute atomic E-state index is 11.8. The molecule has 1 saturated heterocycles. The summed E-state index contributed by atoms with van der Waals surface area (Å²) in [6, 6.07) is 0. The van der Waals surface area contributed by atoms with Gasteiger partial charge < -0.3 is 14.9 Å². The lowest BCUT2D eigenvalue weighted by Crippen LogP contribution is -2.34. The van der Waals surface area contributed by atoms with Gasteiger partial charge in [0.05, 0.1) is 18.5 Å². The molecule has 0 amide bonds. The van der Waals surface area contributed by atoms with Gasteiger partial charge in [-0.25, -0.2) is 4.79 Å². The van der Waals surface area contributed by atoms with Crippen LogP contribution in [0.25, 0.3) is 0 Å². The second kappa shape index (κ2) is 6.00. The highest BCUT2D eigenvalue weighted by Crippen LogP contribution is 2.27. The molecule has 0 radical (unpaired) electrons. The molecule has 1 aliphatic rings. The Labute approximate surface area is 116 Å². The molecule has 0 saturated carbocycles. The van der Waals surface area contributed by atoms with E-state index in [9.17, 15) is 18.9 Å². The van der Waals surface area contributed by atoms with Gasteiger partial charge in [0.2, 0.25) is 0 Å². The molecule has 3 N–H and O–H groups in total. The van der Waals surface area contributed by atoms with Gasteiger partial charge in [-0.1, -0.05) is 0 Å². The SMILES string of the molecule is CS(=O)Cc1cn([C@H]2C[C@H](O)[C@@H](CO)O2)c(=O)[nH]c1=O. The predicted octanol–water partition coefficient (Wildman–Crippen LogP) is -1.94. The van der Waals surface area contributed by atoms with Crippen molar-refractivity contribution in [2.24, 2.45) is 0 Å². The highest BCUT2D eigenvalue weighted by Gasteiger charge is 2.35. The van der Waals surface area contributed by atoms with Crippen molar-refractivity contribution in [2.45, 2.75) is 30.6 Å². The molecule has 0 bridgehead atoms. The van der Waals surface area contributed by atoms with Crippen LogP contribution in [0.3, 0.4) is 0 Å². The lowest BCUT2D eigenvalue weighted by atomic mass is 10.2. The first-order chi connectivity index (χ1) is 9.42. The average Bonchev–Trinajstić information content (AvgIpc) is 2.73. The van der Waals surface area contributed by atoms with Gasteiger partial charge in [0.25, 0.3) is 5.56 Å². The number of aliphatic hydroxyl groups excluding tert-OH is 2. The van der Waals surface area contributed by atoms with Gasteiger partial charge in [0, 0.05) is 35.2 Å². The van der Waals surface area contributed by atoms with Crippen LogP contribution in [0.2, 0.25) is 0 Å². The van der Waals surface area contributed by atoms with Crippen molar-refractivity contribution in [1.29, 1.82) is 0 Å². The first-order valence-corrected chi connectivity index (χ1v) is 7.74. The Bertz CT molecular complexity index is 624. The van der Waals surface area contributed by atoms with Crippen LogP contribution in [-0.2, 0) is 21.3 Å². The molecule has 112 valence electrons. The fourth-order valence-corrected chi connectivity index (χ4v) is 2.76. The molecule has 2 rings (SSSR count). The largest absolute Gasteiger partial charge is 0.394 e. The Kier molecular flexibility index (Phi) is 4.53. The maximum atomic E-state index is 11.8. The van der Waals surface area contributed by atoms with Crippen molar-refractivity contribution in [3.8, 4) is 0 Å². The molecule has 0 aliphatic carbocycles. The van der Waals surface area contributed by atoms with Crippen LogP contribution < -0.4 is 11.2 Å². The van der Waals surface area contributed by atoms with Crippen LogP contribution in [0.15, 0.2) is 15.8 Å². The number of nitrogens with one attached hydrogen (secondary N) is 1. The summed E-state index contributed by atoms with van der Waals surface area (Å²) in [5.74, 6) is 0.0221. The predicted molar refractivity (Wildman–Crippen MR) is 70.7 cm³/mol. The summed E-state index contributed by atoms with van der Waals surface area (Å²) in [5.41, 5.74) is -1.05. The Morgan fingerprint density at radius 3 is 2.80 bits per heavy atom. The Hall–Kier alpha value is -1.29. The Morgan fingerprint density at radius 2 is 2.25 bits per heavy atom. The number of H-pyrrole nitrogens is 1. The number of ether oxygens (including phenoxy) is 1. The van der Waals surface area contributed by atoms with Crippen molar-refractivity contribution in [1.82, 2.24) is 9.55 Å². The molecule has 1 aliphatic heterocycles. The van der Waals surface area contributed by atoms with Gasteiger partial charge in [-0.05, 0) is 0 Å². The molecule has 1 aromatic rings. The first kappa shape index (κ1) is 15.1. The third-order valence-electron chi connectivity index (χ3n) is 3.09. The number of rotatable bonds is 4. The van der Waals surface area contributed by atoms with E-state index in [0.717, 1.165) is 4.57 Å². The van der Waals surface area contributed by atoms with E-state index in [-0.39, 0.29) is 24.3 Å². The van der Waals surface area contributed by atoms with Gasteiger partial charge in [0.15, 0.2) is 0 Å². The molecule has 2 heterocycles. The van der Waals surface area contributed by atoms with Crippen molar-refractivity contribution < 1.29 is 19.2 Å². The zero-order chi connectivity index (χ0) is 14.9. The molecule has 1 unspecified atom stereocenters. The van der Waals surface area contributed by atoms with Crippen molar-refractivity contribution in [3.63, 3.8) is 0 Å². The summed E-state index contributed by atoms with van der Waals surface area (Å²) < 4.78 is 17.7. The van der Waals surface area contributed by atoms with E-state index in [1.165, 1.54) is 12.5 Å². The zero-order valence-electron chi connectivity index (χ0n) is 10.8. The molecule has 1 fully saturated rings. The molecule has 1 aromatic heterocycles. The van der Waals surface area contributed by atoms with Crippen molar-refractivity contribution in [2.75, 3.05) is 12.9 Å². The van der Waals surface area contributed by atoms with E-state index in [0.29, 0.717) is 0 Å². The quantitative estimate of drug-likeness (QED) is 0.595. The lowest BCUT2D eigenvalue weighted by molar-refractivity contribution is -0.0459. The standard InChI is InChI=1S/C11H16N2O6S/c1-20(18)5-6-3-13(11(17)12-10(6)16)9-2-7(15)8(4-14)19-9/h3,7-9,14-15H,2,4-5H2,1H3,(H,12,16,17)/t7-,8+,9+,20?/m0/s1. The molecule has 8 nitrogen and oxygen atoms in total. The minimum atomic E-state index is -1.22. The van der Waals surface area contributed by atoms with Gasteiger partial charge in [-0.3, -0.25) is 18.6 Å².